The number of halogens is 3. The van der Waals surface area contributed by atoms with Crippen molar-refractivity contribution in [2.75, 3.05) is 11.1 Å². The fourth-order valence-corrected chi connectivity index (χ4v) is 3.25. The van der Waals surface area contributed by atoms with Gasteiger partial charge >= 0.3 is 6.01 Å². The van der Waals surface area contributed by atoms with Gasteiger partial charge in [-0.1, -0.05) is 39.9 Å². The Kier molecular flexibility index (Phi) is 5.86. The van der Waals surface area contributed by atoms with E-state index >= 15 is 0 Å². The van der Waals surface area contributed by atoms with Gasteiger partial charge in [0.2, 0.25) is 11.8 Å². The van der Waals surface area contributed by atoms with Crippen LogP contribution in [0.2, 0.25) is 15.1 Å². The highest BCUT2D eigenvalue weighted by Gasteiger charge is 2.13. The second-order valence-corrected chi connectivity index (χ2v) is 7.22. The lowest BCUT2D eigenvalue weighted by Crippen LogP contribution is -2.14. The van der Waals surface area contributed by atoms with Crippen molar-refractivity contribution in [3.05, 3.63) is 57.5 Å². The summed E-state index contributed by atoms with van der Waals surface area (Å²) in [5, 5.41) is 11.8. The van der Waals surface area contributed by atoms with Gasteiger partial charge in [-0.3, -0.25) is 10.1 Å². The van der Waals surface area contributed by atoms with E-state index in [1.54, 1.807) is 30.3 Å². The number of rotatable bonds is 5. The van der Waals surface area contributed by atoms with Crippen LogP contribution < -0.4 is 5.32 Å². The number of anilines is 1. The molecule has 1 N–H and O–H groups in total. The third-order valence-electron chi connectivity index (χ3n) is 2.96. The van der Waals surface area contributed by atoms with Gasteiger partial charge in [0.15, 0.2) is 0 Å². The summed E-state index contributed by atoms with van der Waals surface area (Å²) in [6, 6.07) is 12.1. The molecule has 3 rings (SSSR count). The number of amides is 1. The molecule has 0 aliphatic heterocycles. The van der Waals surface area contributed by atoms with Gasteiger partial charge < -0.3 is 4.42 Å². The molecule has 128 valence electrons. The van der Waals surface area contributed by atoms with Crippen molar-refractivity contribution in [1.82, 2.24) is 10.2 Å². The SMILES string of the molecule is O=C(CSc1ccc(Cl)cc1)Nc1nnc(-c2cc(Cl)cc(Cl)c2)o1. The summed E-state index contributed by atoms with van der Waals surface area (Å²) in [7, 11) is 0. The zero-order chi connectivity index (χ0) is 17.8. The molecule has 0 unspecified atom stereocenters. The van der Waals surface area contributed by atoms with E-state index in [4.69, 9.17) is 39.2 Å². The summed E-state index contributed by atoms with van der Waals surface area (Å²) < 4.78 is 5.42. The van der Waals surface area contributed by atoms with E-state index in [1.807, 2.05) is 12.1 Å². The van der Waals surface area contributed by atoms with E-state index in [2.05, 4.69) is 15.5 Å². The molecule has 0 saturated carbocycles. The number of nitrogens with one attached hydrogen (secondary N) is 1. The Morgan fingerprint density at radius 3 is 2.36 bits per heavy atom. The smallest absolute Gasteiger partial charge is 0.322 e. The van der Waals surface area contributed by atoms with Crippen LogP contribution in [0.3, 0.4) is 0 Å². The molecule has 5 nitrogen and oxygen atoms in total. The molecule has 0 aliphatic carbocycles. The molecular weight excluding hydrogens is 405 g/mol. The molecule has 0 spiro atoms. The average Bonchev–Trinajstić information content (AvgIpc) is 3.02. The first-order valence-corrected chi connectivity index (χ1v) is 9.10. The lowest BCUT2D eigenvalue weighted by atomic mass is 10.2. The summed E-state index contributed by atoms with van der Waals surface area (Å²) in [5.74, 6) is 0.145. The van der Waals surface area contributed by atoms with Crippen LogP contribution >= 0.6 is 46.6 Å². The Morgan fingerprint density at radius 1 is 1.00 bits per heavy atom. The molecule has 1 amide bonds. The van der Waals surface area contributed by atoms with Crippen LogP contribution in [0, 0.1) is 0 Å². The predicted octanol–water partition coefficient (Wildman–Crippen LogP) is 5.43. The van der Waals surface area contributed by atoms with Crippen LogP contribution in [-0.4, -0.2) is 21.9 Å². The number of carbonyl (C=O) groups excluding carboxylic acids is 1. The number of hydrogen-bond acceptors (Lipinski definition) is 5. The lowest BCUT2D eigenvalue weighted by molar-refractivity contribution is -0.113. The van der Waals surface area contributed by atoms with Crippen LogP contribution in [0.5, 0.6) is 0 Å². The molecule has 0 radical (unpaired) electrons. The molecule has 0 atom stereocenters. The number of benzene rings is 2. The molecule has 2 aromatic carbocycles. The van der Waals surface area contributed by atoms with Gasteiger partial charge in [0.05, 0.1) is 5.75 Å². The topological polar surface area (TPSA) is 68.0 Å². The minimum absolute atomic E-state index is 0.00723. The molecule has 1 heterocycles. The maximum absolute atomic E-state index is 12.0. The maximum atomic E-state index is 12.0. The number of nitrogens with zero attached hydrogens (tertiary/aromatic N) is 2. The number of carbonyl (C=O) groups is 1. The summed E-state index contributed by atoms with van der Waals surface area (Å²) in [4.78, 5) is 12.9. The normalized spacial score (nSPS) is 10.7. The van der Waals surface area contributed by atoms with Crippen molar-refractivity contribution in [2.45, 2.75) is 4.90 Å². The molecule has 25 heavy (non-hydrogen) atoms. The fraction of sp³-hybridized carbons (Fsp3) is 0.0625. The van der Waals surface area contributed by atoms with Crippen LogP contribution in [0.25, 0.3) is 11.5 Å². The van der Waals surface area contributed by atoms with E-state index in [9.17, 15) is 4.79 Å². The number of hydrogen-bond donors (Lipinski definition) is 1. The second kappa shape index (κ2) is 8.10. The van der Waals surface area contributed by atoms with Crippen LogP contribution in [0.4, 0.5) is 6.01 Å². The molecule has 0 fully saturated rings. The first-order valence-electron chi connectivity index (χ1n) is 6.98. The van der Waals surface area contributed by atoms with Crippen LogP contribution in [0.1, 0.15) is 0 Å². The third-order valence-corrected chi connectivity index (χ3v) is 4.66. The second-order valence-electron chi connectivity index (χ2n) is 4.86. The van der Waals surface area contributed by atoms with Gasteiger partial charge in [0, 0.05) is 25.5 Å². The number of thioether (sulfide) groups is 1. The van der Waals surface area contributed by atoms with Crippen molar-refractivity contribution in [3.8, 4) is 11.5 Å². The molecule has 0 saturated heterocycles. The zero-order valence-electron chi connectivity index (χ0n) is 12.5. The molecule has 0 bridgehead atoms. The van der Waals surface area contributed by atoms with Crippen molar-refractivity contribution in [2.24, 2.45) is 0 Å². The Labute approximate surface area is 162 Å². The van der Waals surface area contributed by atoms with Crippen molar-refractivity contribution in [1.29, 1.82) is 0 Å². The summed E-state index contributed by atoms with van der Waals surface area (Å²) in [6.45, 7) is 0. The Balaban J connectivity index is 1.60. The van der Waals surface area contributed by atoms with E-state index in [0.29, 0.717) is 20.6 Å². The standard InChI is InChI=1S/C16H10Cl3N3O2S/c17-10-1-3-13(4-2-10)25-8-14(23)20-16-22-21-15(24-16)9-5-11(18)7-12(19)6-9/h1-7H,8H2,(H,20,22,23). The van der Waals surface area contributed by atoms with Crippen LogP contribution in [0.15, 0.2) is 51.8 Å². The van der Waals surface area contributed by atoms with Gasteiger partial charge in [-0.05, 0) is 42.5 Å². The highest BCUT2D eigenvalue weighted by Crippen LogP contribution is 2.27. The molecule has 9 heteroatoms. The predicted molar refractivity (Wildman–Crippen MR) is 101 cm³/mol. The lowest BCUT2D eigenvalue weighted by Gasteiger charge is -2.01. The first-order chi connectivity index (χ1) is 12.0. The van der Waals surface area contributed by atoms with Gasteiger partial charge in [-0.15, -0.1) is 16.9 Å². The maximum Gasteiger partial charge on any atom is 0.322 e. The number of aromatic nitrogens is 2. The minimum atomic E-state index is -0.265. The third kappa shape index (κ3) is 5.12. The van der Waals surface area contributed by atoms with E-state index in [-0.39, 0.29) is 23.6 Å². The monoisotopic (exact) mass is 413 g/mol. The first kappa shape index (κ1) is 18.1. The van der Waals surface area contributed by atoms with Crippen molar-refractivity contribution >= 4 is 58.5 Å². The van der Waals surface area contributed by atoms with E-state index in [0.717, 1.165) is 4.90 Å². The summed E-state index contributed by atoms with van der Waals surface area (Å²) in [6.07, 6.45) is 0. The van der Waals surface area contributed by atoms with Crippen molar-refractivity contribution in [3.63, 3.8) is 0 Å². The van der Waals surface area contributed by atoms with Gasteiger partial charge in [0.1, 0.15) is 0 Å². The Bertz CT molecular complexity index is 880. The largest absolute Gasteiger partial charge is 0.403 e. The minimum Gasteiger partial charge on any atom is -0.403 e. The summed E-state index contributed by atoms with van der Waals surface area (Å²) >= 11 is 19.1. The Hall–Kier alpha value is -1.73. The fourth-order valence-electron chi connectivity index (χ4n) is 1.90. The molecule has 0 aliphatic rings. The quantitative estimate of drug-likeness (QED) is 0.564. The summed E-state index contributed by atoms with van der Waals surface area (Å²) in [5.41, 5.74) is 0.570. The van der Waals surface area contributed by atoms with E-state index in [1.165, 1.54) is 11.8 Å². The van der Waals surface area contributed by atoms with Gasteiger partial charge in [-0.25, -0.2) is 0 Å². The van der Waals surface area contributed by atoms with Crippen molar-refractivity contribution < 1.29 is 9.21 Å². The highest BCUT2D eigenvalue weighted by atomic mass is 35.5. The van der Waals surface area contributed by atoms with Gasteiger partial charge in [-0.2, -0.15) is 0 Å². The average molecular weight is 415 g/mol. The van der Waals surface area contributed by atoms with Crippen LogP contribution in [-0.2, 0) is 4.79 Å². The molecule has 3 aromatic rings. The molecular formula is C16H10Cl3N3O2S. The molecule has 1 aromatic heterocycles. The van der Waals surface area contributed by atoms with Gasteiger partial charge in [0.25, 0.3) is 0 Å². The highest BCUT2D eigenvalue weighted by molar-refractivity contribution is 8.00. The zero-order valence-corrected chi connectivity index (χ0v) is 15.6. The Morgan fingerprint density at radius 2 is 1.68 bits per heavy atom. The van der Waals surface area contributed by atoms with E-state index < -0.39 is 0 Å².